The molecule has 0 aliphatic rings. The fraction of sp³-hybridized carbons (Fsp3) is 0.200. The monoisotopic (exact) mass is 343 g/mol. The third-order valence-electron chi connectivity index (χ3n) is 3.55. The molecule has 23 heavy (non-hydrogen) atoms. The van der Waals surface area contributed by atoms with Crippen LogP contribution < -0.4 is 5.56 Å². The van der Waals surface area contributed by atoms with E-state index in [1.807, 2.05) is 29.8 Å². The van der Waals surface area contributed by atoms with E-state index < -0.39 is 0 Å². The van der Waals surface area contributed by atoms with Gasteiger partial charge in [0.1, 0.15) is 11.0 Å². The van der Waals surface area contributed by atoms with E-state index in [0.717, 1.165) is 26.8 Å². The van der Waals surface area contributed by atoms with Crippen LogP contribution in [0.2, 0.25) is 0 Å². The van der Waals surface area contributed by atoms with Crippen LogP contribution in [0.4, 0.5) is 0 Å². The predicted molar refractivity (Wildman–Crippen MR) is 93.7 cm³/mol. The fourth-order valence-electron chi connectivity index (χ4n) is 2.44. The van der Waals surface area contributed by atoms with Crippen molar-refractivity contribution in [3.05, 3.63) is 41.2 Å². The van der Waals surface area contributed by atoms with Gasteiger partial charge in [0.05, 0.1) is 23.0 Å². The number of aryl methyl sites for hydroxylation is 1. The van der Waals surface area contributed by atoms with E-state index in [0.29, 0.717) is 10.3 Å². The van der Waals surface area contributed by atoms with Crippen molar-refractivity contribution in [2.24, 2.45) is 7.05 Å². The molecule has 3 heterocycles. The van der Waals surface area contributed by atoms with E-state index in [-0.39, 0.29) is 5.56 Å². The Morgan fingerprint density at radius 1 is 1.26 bits per heavy atom. The molecule has 0 radical (unpaired) electrons. The first kappa shape index (κ1) is 14.4. The highest BCUT2D eigenvalue weighted by atomic mass is 32.2. The molecule has 0 bridgehead atoms. The summed E-state index contributed by atoms with van der Waals surface area (Å²) in [5.41, 5.74) is 3.06. The van der Waals surface area contributed by atoms with Gasteiger partial charge in [-0.05, 0) is 24.0 Å². The number of imidazole rings is 1. The van der Waals surface area contributed by atoms with Gasteiger partial charge >= 0.3 is 0 Å². The van der Waals surface area contributed by atoms with Crippen LogP contribution in [-0.4, -0.2) is 29.8 Å². The molecule has 0 aliphatic carbocycles. The molecule has 6 nitrogen and oxygen atoms in total. The van der Waals surface area contributed by atoms with Crippen LogP contribution in [0.3, 0.4) is 0 Å². The van der Waals surface area contributed by atoms with Gasteiger partial charge in [-0.2, -0.15) is 0 Å². The van der Waals surface area contributed by atoms with Gasteiger partial charge in [-0.1, -0.05) is 18.7 Å². The number of benzene rings is 1. The number of thiazole rings is 1. The Morgan fingerprint density at radius 3 is 2.96 bits per heavy atom. The summed E-state index contributed by atoms with van der Waals surface area (Å²) in [6.45, 7) is 2.06. The Balaban J connectivity index is 1.89. The van der Waals surface area contributed by atoms with Gasteiger partial charge < -0.3 is 4.57 Å². The molecule has 0 unspecified atom stereocenters. The van der Waals surface area contributed by atoms with Crippen LogP contribution >= 0.6 is 23.1 Å². The van der Waals surface area contributed by atoms with Crippen molar-refractivity contribution in [3.63, 3.8) is 0 Å². The van der Waals surface area contributed by atoms with Crippen molar-refractivity contribution in [1.29, 1.82) is 0 Å². The van der Waals surface area contributed by atoms with E-state index in [1.165, 1.54) is 17.7 Å². The SMILES string of the molecule is CCSc1nc2ncn(-c3ccc4c(c3)ncn4C)c(=O)c2s1. The van der Waals surface area contributed by atoms with Crippen molar-refractivity contribution in [2.75, 3.05) is 5.75 Å². The first-order valence-corrected chi connectivity index (χ1v) is 8.90. The Morgan fingerprint density at radius 2 is 2.13 bits per heavy atom. The van der Waals surface area contributed by atoms with E-state index in [1.54, 1.807) is 22.7 Å². The number of aromatic nitrogens is 5. The maximum atomic E-state index is 12.7. The molecule has 0 atom stereocenters. The van der Waals surface area contributed by atoms with Crippen LogP contribution in [0.25, 0.3) is 27.1 Å². The molecule has 3 aromatic heterocycles. The Kier molecular flexibility index (Phi) is 3.42. The number of hydrogen-bond acceptors (Lipinski definition) is 6. The molecule has 0 aliphatic heterocycles. The van der Waals surface area contributed by atoms with Crippen LogP contribution in [0.5, 0.6) is 0 Å². The van der Waals surface area contributed by atoms with Gasteiger partial charge in [0, 0.05) is 7.05 Å². The molecule has 4 rings (SSSR count). The van der Waals surface area contributed by atoms with Crippen molar-refractivity contribution in [1.82, 2.24) is 24.1 Å². The normalized spacial score (nSPS) is 11.6. The molecular weight excluding hydrogens is 330 g/mol. The van der Waals surface area contributed by atoms with E-state index in [9.17, 15) is 4.79 Å². The predicted octanol–water partition coefficient (Wildman–Crippen LogP) is 2.84. The lowest BCUT2D eigenvalue weighted by Crippen LogP contribution is -2.17. The maximum Gasteiger partial charge on any atom is 0.277 e. The van der Waals surface area contributed by atoms with Crippen molar-refractivity contribution < 1.29 is 0 Å². The van der Waals surface area contributed by atoms with Crippen LogP contribution in [0.15, 0.2) is 40.0 Å². The summed E-state index contributed by atoms with van der Waals surface area (Å²) in [7, 11) is 1.94. The topological polar surface area (TPSA) is 65.6 Å². The minimum atomic E-state index is -0.0919. The van der Waals surface area contributed by atoms with Crippen molar-refractivity contribution in [3.8, 4) is 5.69 Å². The average Bonchev–Trinajstić information content (AvgIpc) is 3.12. The van der Waals surface area contributed by atoms with Crippen molar-refractivity contribution in [2.45, 2.75) is 11.3 Å². The summed E-state index contributed by atoms with van der Waals surface area (Å²) in [4.78, 5) is 25.8. The molecular formula is C15H13N5OS2. The highest BCUT2D eigenvalue weighted by molar-refractivity contribution is 8.01. The fourth-order valence-corrected chi connectivity index (χ4v) is 4.36. The summed E-state index contributed by atoms with van der Waals surface area (Å²) in [5.74, 6) is 0.921. The lowest BCUT2D eigenvalue weighted by molar-refractivity contribution is 0.946. The number of hydrogen-bond donors (Lipinski definition) is 0. The Hall–Kier alpha value is -2.19. The van der Waals surface area contributed by atoms with E-state index >= 15 is 0 Å². The molecule has 0 spiro atoms. The van der Waals surface area contributed by atoms with Gasteiger partial charge in [-0.25, -0.2) is 15.0 Å². The van der Waals surface area contributed by atoms with Crippen molar-refractivity contribution >= 4 is 44.5 Å². The van der Waals surface area contributed by atoms with Gasteiger partial charge in [0.2, 0.25) is 0 Å². The molecule has 116 valence electrons. The molecule has 0 saturated heterocycles. The minimum absolute atomic E-state index is 0.0919. The van der Waals surface area contributed by atoms with Gasteiger partial charge in [-0.3, -0.25) is 9.36 Å². The average molecular weight is 343 g/mol. The number of nitrogens with zero attached hydrogens (tertiary/aromatic N) is 5. The Labute approximate surface area is 139 Å². The van der Waals surface area contributed by atoms with E-state index in [4.69, 9.17) is 0 Å². The van der Waals surface area contributed by atoms with Crippen LogP contribution in [-0.2, 0) is 7.05 Å². The van der Waals surface area contributed by atoms with Crippen LogP contribution in [0.1, 0.15) is 6.92 Å². The Bertz CT molecular complexity index is 1080. The lowest BCUT2D eigenvalue weighted by atomic mass is 10.2. The van der Waals surface area contributed by atoms with Gasteiger partial charge in [0.25, 0.3) is 5.56 Å². The van der Waals surface area contributed by atoms with Crippen LogP contribution in [0, 0.1) is 0 Å². The molecule has 4 aromatic rings. The van der Waals surface area contributed by atoms with E-state index in [2.05, 4.69) is 21.9 Å². The second kappa shape index (κ2) is 5.47. The smallest absolute Gasteiger partial charge is 0.277 e. The lowest BCUT2D eigenvalue weighted by Gasteiger charge is -2.04. The standard InChI is InChI=1S/C15H13N5OS2/c1-3-22-15-18-13-12(23-15)14(21)20(8-17-13)9-4-5-11-10(6-9)16-7-19(11)2/h4-8H,3H2,1-2H3. The summed E-state index contributed by atoms with van der Waals surface area (Å²) in [6.07, 6.45) is 3.30. The second-order valence-corrected chi connectivity index (χ2v) is 7.52. The molecule has 0 saturated carbocycles. The van der Waals surface area contributed by atoms with Gasteiger partial charge in [0.15, 0.2) is 9.99 Å². The minimum Gasteiger partial charge on any atom is -0.334 e. The highest BCUT2D eigenvalue weighted by Crippen LogP contribution is 2.26. The number of thioether (sulfide) groups is 1. The third kappa shape index (κ3) is 2.34. The first-order valence-electron chi connectivity index (χ1n) is 7.10. The summed E-state index contributed by atoms with van der Waals surface area (Å²) < 4.78 is 4.96. The zero-order valence-corrected chi connectivity index (χ0v) is 14.2. The molecule has 0 N–H and O–H groups in total. The zero-order chi connectivity index (χ0) is 16.0. The first-order chi connectivity index (χ1) is 11.2. The third-order valence-corrected chi connectivity index (χ3v) is 5.61. The number of fused-ring (bicyclic) bond motifs is 2. The number of rotatable bonds is 3. The molecule has 8 heteroatoms. The zero-order valence-electron chi connectivity index (χ0n) is 12.6. The second-order valence-electron chi connectivity index (χ2n) is 5.01. The maximum absolute atomic E-state index is 12.7. The largest absolute Gasteiger partial charge is 0.334 e. The summed E-state index contributed by atoms with van der Waals surface area (Å²) >= 11 is 3.02. The highest BCUT2D eigenvalue weighted by Gasteiger charge is 2.12. The quantitative estimate of drug-likeness (QED) is 0.535. The molecule has 1 aromatic carbocycles. The molecule has 0 fully saturated rings. The van der Waals surface area contributed by atoms with Gasteiger partial charge in [-0.15, -0.1) is 11.3 Å². The summed E-state index contributed by atoms with van der Waals surface area (Å²) in [5, 5.41) is 0. The summed E-state index contributed by atoms with van der Waals surface area (Å²) in [6, 6.07) is 5.76. The molecule has 0 amide bonds.